The van der Waals surface area contributed by atoms with Crippen molar-refractivity contribution in [3.8, 4) is 0 Å². The van der Waals surface area contributed by atoms with E-state index >= 15 is 0 Å². The largest absolute Gasteiger partial charge is 0.337 e. The fourth-order valence-electron chi connectivity index (χ4n) is 6.30. The van der Waals surface area contributed by atoms with Crippen LogP contribution in [0.4, 0.5) is 9.18 Å². The zero-order valence-corrected chi connectivity index (χ0v) is 22.8. The van der Waals surface area contributed by atoms with Crippen molar-refractivity contribution in [1.82, 2.24) is 19.6 Å². The van der Waals surface area contributed by atoms with Gasteiger partial charge in [-0.1, -0.05) is 29.3 Å². The minimum atomic E-state index is -0.275. The van der Waals surface area contributed by atoms with Gasteiger partial charge in [0.25, 0.3) is 0 Å². The number of hydrogen-bond donors (Lipinski definition) is 0. The maximum absolute atomic E-state index is 14.0. The molecule has 0 aliphatic carbocycles. The molecule has 2 aromatic carbocycles. The Bertz CT molecular complexity index is 1170. The number of piperidine rings is 1. The number of carbonyl (C=O) groups is 2. The summed E-state index contributed by atoms with van der Waals surface area (Å²) in [4.78, 5) is 34.1. The van der Waals surface area contributed by atoms with Crippen LogP contribution < -0.4 is 0 Å². The molecule has 198 valence electrons. The number of amides is 3. The number of piperazine rings is 1. The lowest BCUT2D eigenvalue weighted by atomic mass is 9.88. The molecule has 3 aliphatic heterocycles. The monoisotopic (exact) mass is 546 g/mol. The summed E-state index contributed by atoms with van der Waals surface area (Å²) in [7, 11) is 1.79. The van der Waals surface area contributed by atoms with Crippen molar-refractivity contribution < 1.29 is 14.0 Å². The molecule has 6 nitrogen and oxygen atoms in total. The van der Waals surface area contributed by atoms with Crippen molar-refractivity contribution in [1.29, 1.82) is 0 Å². The SMILES string of the molecule is Cc1cc(F)ccc1[C@H]1C[C@H](N2CCN3C(=O)CC[C@@H]3C2)CCN1C(=O)N(C)Cc1cc(Cl)cc(Cl)c1. The molecule has 3 atom stereocenters. The molecule has 0 aromatic heterocycles. The Hall–Kier alpha value is -2.35. The highest BCUT2D eigenvalue weighted by Crippen LogP contribution is 2.37. The van der Waals surface area contributed by atoms with Gasteiger partial charge in [0.2, 0.25) is 5.91 Å². The molecule has 3 aliphatic rings. The number of rotatable bonds is 4. The summed E-state index contributed by atoms with van der Waals surface area (Å²) in [5.41, 5.74) is 2.69. The van der Waals surface area contributed by atoms with Crippen molar-refractivity contribution in [2.45, 2.75) is 57.3 Å². The number of likely N-dealkylation sites (tertiary alicyclic amines) is 1. The van der Waals surface area contributed by atoms with Crippen molar-refractivity contribution >= 4 is 35.1 Å². The van der Waals surface area contributed by atoms with E-state index < -0.39 is 0 Å². The second kappa shape index (κ2) is 10.8. The summed E-state index contributed by atoms with van der Waals surface area (Å²) in [6.45, 7) is 5.40. The highest BCUT2D eigenvalue weighted by Gasteiger charge is 2.41. The highest BCUT2D eigenvalue weighted by molar-refractivity contribution is 6.34. The van der Waals surface area contributed by atoms with Gasteiger partial charge in [-0.2, -0.15) is 0 Å². The molecule has 0 N–H and O–H groups in total. The van der Waals surface area contributed by atoms with Crippen LogP contribution in [0.1, 0.15) is 48.4 Å². The molecule has 3 heterocycles. The van der Waals surface area contributed by atoms with E-state index in [1.807, 2.05) is 34.9 Å². The van der Waals surface area contributed by atoms with Crippen molar-refractivity contribution in [3.63, 3.8) is 0 Å². The number of benzene rings is 2. The summed E-state index contributed by atoms with van der Waals surface area (Å²) < 4.78 is 14.0. The molecule has 0 radical (unpaired) electrons. The standard InChI is InChI=1S/C28H33Cl2FN4O2/c1-18-11-22(31)3-5-25(18)26-15-23(33-9-10-34-24(17-33)4-6-27(34)36)7-8-35(26)28(37)32(2)16-19-12-20(29)14-21(30)13-19/h3,5,11-14,23-24,26H,4,6-10,15-17H2,1-2H3/t23-,24-,26-/m1/s1. The zero-order chi connectivity index (χ0) is 26.3. The van der Waals surface area contributed by atoms with Gasteiger partial charge in [-0.3, -0.25) is 9.69 Å². The van der Waals surface area contributed by atoms with E-state index in [1.54, 1.807) is 24.1 Å². The Morgan fingerprint density at radius 2 is 1.81 bits per heavy atom. The zero-order valence-electron chi connectivity index (χ0n) is 21.3. The molecule has 3 saturated heterocycles. The van der Waals surface area contributed by atoms with Crippen LogP contribution in [0.25, 0.3) is 0 Å². The molecular weight excluding hydrogens is 514 g/mol. The first-order valence-corrected chi connectivity index (χ1v) is 13.7. The van der Waals surface area contributed by atoms with Gasteiger partial charge in [-0.25, -0.2) is 9.18 Å². The molecule has 5 rings (SSSR count). The highest BCUT2D eigenvalue weighted by atomic mass is 35.5. The smallest absolute Gasteiger partial charge is 0.320 e. The summed E-state index contributed by atoms with van der Waals surface area (Å²) in [6.07, 6.45) is 3.20. The fraction of sp³-hybridized carbons (Fsp3) is 0.500. The number of nitrogens with zero attached hydrogens (tertiary/aromatic N) is 4. The van der Waals surface area contributed by atoms with Crippen LogP contribution in [-0.2, 0) is 11.3 Å². The lowest BCUT2D eigenvalue weighted by molar-refractivity contribution is -0.131. The average molecular weight is 548 g/mol. The van der Waals surface area contributed by atoms with Gasteiger partial charge in [-0.05, 0) is 73.2 Å². The molecule has 0 spiro atoms. The van der Waals surface area contributed by atoms with E-state index in [0.717, 1.165) is 55.6 Å². The first-order valence-electron chi connectivity index (χ1n) is 13.0. The first kappa shape index (κ1) is 26.3. The second-order valence-electron chi connectivity index (χ2n) is 10.6. The van der Waals surface area contributed by atoms with E-state index in [1.165, 1.54) is 6.07 Å². The molecule has 0 bridgehead atoms. The second-order valence-corrected chi connectivity index (χ2v) is 11.5. The minimum absolute atomic E-state index is 0.0746. The van der Waals surface area contributed by atoms with Crippen LogP contribution in [0.3, 0.4) is 0 Å². The summed E-state index contributed by atoms with van der Waals surface area (Å²) >= 11 is 12.3. The van der Waals surface area contributed by atoms with E-state index in [0.29, 0.717) is 41.6 Å². The number of aryl methyl sites for hydroxylation is 1. The molecule has 9 heteroatoms. The minimum Gasteiger partial charge on any atom is -0.337 e. The predicted octanol–water partition coefficient (Wildman–Crippen LogP) is 5.51. The van der Waals surface area contributed by atoms with Crippen molar-refractivity contribution in [3.05, 3.63) is 69.0 Å². The lowest BCUT2D eigenvalue weighted by Crippen LogP contribution is -2.57. The summed E-state index contributed by atoms with van der Waals surface area (Å²) in [5.74, 6) is -0.00244. The molecule has 2 aromatic rings. The maximum atomic E-state index is 14.0. The Labute approximate surface area is 227 Å². The Morgan fingerprint density at radius 1 is 1.05 bits per heavy atom. The van der Waals surface area contributed by atoms with E-state index in [2.05, 4.69) is 4.90 Å². The molecule has 3 amide bonds. The van der Waals surface area contributed by atoms with Gasteiger partial charge in [0.1, 0.15) is 5.82 Å². The Kier molecular flexibility index (Phi) is 7.66. The molecular formula is C28H33Cl2FN4O2. The number of halogens is 3. The van der Waals surface area contributed by atoms with Crippen molar-refractivity contribution in [2.24, 2.45) is 0 Å². The quantitative estimate of drug-likeness (QED) is 0.508. The number of fused-ring (bicyclic) bond motifs is 1. The lowest BCUT2D eigenvalue weighted by Gasteiger charge is -2.48. The summed E-state index contributed by atoms with van der Waals surface area (Å²) in [5, 5.41) is 1.07. The molecule has 0 saturated carbocycles. The van der Waals surface area contributed by atoms with E-state index in [-0.39, 0.29) is 23.8 Å². The van der Waals surface area contributed by atoms with Crippen molar-refractivity contribution in [2.75, 3.05) is 33.2 Å². The number of hydrogen-bond acceptors (Lipinski definition) is 3. The topological polar surface area (TPSA) is 47.1 Å². The average Bonchev–Trinajstić information content (AvgIpc) is 3.22. The van der Waals surface area contributed by atoms with Crippen LogP contribution in [0.15, 0.2) is 36.4 Å². The third-order valence-corrected chi connectivity index (χ3v) is 8.56. The van der Waals surface area contributed by atoms with Gasteiger partial charge in [0, 0.05) is 68.3 Å². The predicted molar refractivity (Wildman–Crippen MR) is 143 cm³/mol. The first-order chi connectivity index (χ1) is 17.7. The number of urea groups is 1. The Balaban J connectivity index is 1.36. The summed E-state index contributed by atoms with van der Waals surface area (Å²) in [6, 6.07) is 10.5. The van der Waals surface area contributed by atoms with Gasteiger partial charge >= 0.3 is 6.03 Å². The van der Waals surface area contributed by atoms with Crippen LogP contribution in [0, 0.1) is 12.7 Å². The van der Waals surface area contributed by atoms with Crippen LogP contribution in [-0.4, -0.2) is 76.8 Å². The molecule has 3 fully saturated rings. The third-order valence-electron chi connectivity index (χ3n) is 8.12. The Morgan fingerprint density at radius 3 is 2.54 bits per heavy atom. The van der Waals surface area contributed by atoms with E-state index in [9.17, 15) is 14.0 Å². The molecule has 37 heavy (non-hydrogen) atoms. The van der Waals surface area contributed by atoms with Gasteiger partial charge in [0.05, 0.1) is 6.04 Å². The van der Waals surface area contributed by atoms with E-state index in [4.69, 9.17) is 23.2 Å². The van der Waals surface area contributed by atoms with Crippen LogP contribution >= 0.6 is 23.2 Å². The van der Waals surface area contributed by atoms with Gasteiger partial charge in [0.15, 0.2) is 0 Å². The normalized spacial score (nSPS) is 24.4. The third kappa shape index (κ3) is 5.59. The fourth-order valence-corrected chi connectivity index (χ4v) is 6.87. The maximum Gasteiger partial charge on any atom is 0.320 e. The van der Waals surface area contributed by atoms with Gasteiger partial charge < -0.3 is 14.7 Å². The van der Waals surface area contributed by atoms with Crippen LogP contribution in [0.5, 0.6) is 0 Å². The van der Waals surface area contributed by atoms with Gasteiger partial charge in [-0.15, -0.1) is 0 Å². The molecule has 0 unspecified atom stereocenters. The number of carbonyl (C=O) groups excluding carboxylic acids is 2. The van der Waals surface area contributed by atoms with Crippen LogP contribution in [0.2, 0.25) is 10.0 Å².